The van der Waals surface area contributed by atoms with Crippen LogP contribution >= 0.6 is 27.3 Å². The molecule has 25 heavy (non-hydrogen) atoms. The van der Waals surface area contributed by atoms with Crippen LogP contribution in [-0.4, -0.2) is 31.3 Å². The molecule has 1 heterocycles. The molecule has 1 aromatic carbocycles. The second kappa shape index (κ2) is 9.22. The fourth-order valence-electron chi connectivity index (χ4n) is 2.25. The van der Waals surface area contributed by atoms with Gasteiger partial charge in [0.1, 0.15) is 11.4 Å². The van der Waals surface area contributed by atoms with E-state index < -0.39 is 5.60 Å². The number of nitrogens with one attached hydrogen (secondary N) is 2. The number of rotatable bonds is 7. The number of ether oxygens (including phenoxy) is 1. The van der Waals surface area contributed by atoms with Crippen LogP contribution in [0.3, 0.4) is 0 Å². The lowest BCUT2D eigenvalue weighted by Crippen LogP contribution is -2.44. The van der Waals surface area contributed by atoms with Gasteiger partial charge in [0.15, 0.2) is 5.96 Å². The van der Waals surface area contributed by atoms with Gasteiger partial charge in [0.05, 0.1) is 24.7 Å². The number of halogens is 1. The molecule has 5 nitrogen and oxygen atoms in total. The van der Waals surface area contributed by atoms with Gasteiger partial charge in [-0.2, -0.15) is 11.3 Å². The Morgan fingerprint density at radius 3 is 2.76 bits per heavy atom. The third-order valence-corrected chi connectivity index (χ3v) is 5.03. The smallest absolute Gasteiger partial charge is 0.191 e. The van der Waals surface area contributed by atoms with Crippen LogP contribution in [0.5, 0.6) is 5.75 Å². The van der Waals surface area contributed by atoms with Gasteiger partial charge in [0, 0.05) is 6.54 Å². The minimum atomic E-state index is -0.945. The summed E-state index contributed by atoms with van der Waals surface area (Å²) in [5.74, 6) is 1.47. The molecule has 7 heteroatoms. The monoisotopic (exact) mass is 425 g/mol. The number of hydrogen-bond acceptors (Lipinski definition) is 4. The maximum Gasteiger partial charge on any atom is 0.191 e. The molecule has 3 N–H and O–H groups in total. The van der Waals surface area contributed by atoms with Gasteiger partial charge >= 0.3 is 0 Å². The Morgan fingerprint density at radius 1 is 1.36 bits per heavy atom. The van der Waals surface area contributed by atoms with Gasteiger partial charge in [-0.25, -0.2) is 4.99 Å². The van der Waals surface area contributed by atoms with E-state index in [9.17, 15) is 5.11 Å². The van der Waals surface area contributed by atoms with Gasteiger partial charge in [0.25, 0.3) is 0 Å². The Bertz CT molecular complexity index is 702. The van der Waals surface area contributed by atoms with Crippen LogP contribution in [0, 0.1) is 0 Å². The first-order chi connectivity index (χ1) is 12.0. The van der Waals surface area contributed by atoms with Crippen molar-refractivity contribution >= 4 is 33.2 Å². The second-order valence-corrected chi connectivity index (χ2v) is 7.44. The second-order valence-electron chi connectivity index (χ2n) is 5.80. The van der Waals surface area contributed by atoms with Gasteiger partial charge in [0.2, 0.25) is 0 Å². The lowest BCUT2D eigenvalue weighted by Gasteiger charge is -2.24. The highest BCUT2D eigenvalue weighted by Crippen LogP contribution is 2.26. The first kappa shape index (κ1) is 19.8. The minimum Gasteiger partial charge on any atom is -0.496 e. The van der Waals surface area contributed by atoms with Crippen LogP contribution in [0.25, 0.3) is 0 Å². The zero-order chi connectivity index (χ0) is 18.3. The molecule has 0 amide bonds. The lowest BCUT2D eigenvalue weighted by molar-refractivity contribution is 0.0621. The number of thiophene rings is 1. The van der Waals surface area contributed by atoms with E-state index in [1.165, 1.54) is 0 Å². The Morgan fingerprint density at radius 2 is 2.16 bits per heavy atom. The van der Waals surface area contributed by atoms with Crippen LogP contribution in [0.15, 0.2) is 44.5 Å². The molecule has 0 bridgehead atoms. The maximum absolute atomic E-state index is 10.6. The normalized spacial score (nSPS) is 14.0. The van der Waals surface area contributed by atoms with Crippen molar-refractivity contribution in [3.05, 3.63) is 50.6 Å². The molecular weight excluding hydrogens is 402 g/mol. The number of hydrogen-bond donors (Lipinski definition) is 3. The predicted octanol–water partition coefficient (Wildman–Crippen LogP) is 3.48. The van der Waals surface area contributed by atoms with Crippen LogP contribution < -0.4 is 15.4 Å². The summed E-state index contributed by atoms with van der Waals surface area (Å²) >= 11 is 5.06. The Hall–Kier alpha value is -1.57. The van der Waals surface area contributed by atoms with Crippen molar-refractivity contribution in [3.63, 3.8) is 0 Å². The summed E-state index contributed by atoms with van der Waals surface area (Å²) in [5, 5.41) is 20.9. The highest BCUT2D eigenvalue weighted by atomic mass is 79.9. The lowest BCUT2D eigenvalue weighted by atomic mass is 9.99. The Labute approximate surface area is 161 Å². The Kier molecular flexibility index (Phi) is 7.28. The Balaban J connectivity index is 2.02. The first-order valence-corrected chi connectivity index (χ1v) is 9.79. The van der Waals surface area contributed by atoms with E-state index in [-0.39, 0.29) is 0 Å². The standard InChI is InChI=1S/C18H24BrN3O2S/c1-4-20-17(22-12-18(2,23)14-7-8-25-11-14)21-10-13-5-6-16(24-3)15(19)9-13/h5-9,11,23H,4,10,12H2,1-3H3,(H2,20,21,22). The van der Waals surface area contributed by atoms with Crippen molar-refractivity contribution in [2.75, 3.05) is 20.2 Å². The molecule has 0 fully saturated rings. The van der Waals surface area contributed by atoms with Crippen molar-refractivity contribution in [1.82, 2.24) is 10.6 Å². The summed E-state index contributed by atoms with van der Waals surface area (Å²) in [6.07, 6.45) is 0. The van der Waals surface area contributed by atoms with E-state index in [1.807, 2.05) is 41.9 Å². The molecule has 0 aliphatic rings. The molecule has 136 valence electrons. The number of guanidine groups is 1. The summed E-state index contributed by atoms with van der Waals surface area (Å²) in [7, 11) is 1.64. The number of benzene rings is 1. The van der Waals surface area contributed by atoms with Crippen molar-refractivity contribution in [1.29, 1.82) is 0 Å². The number of aliphatic hydroxyl groups is 1. The number of aliphatic imine (C=N–C) groups is 1. The van der Waals surface area contributed by atoms with E-state index in [4.69, 9.17) is 4.74 Å². The van der Waals surface area contributed by atoms with Crippen molar-refractivity contribution in [3.8, 4) is 5.75 Å². The summed E-state index contributed by atoms with van der Waals surface area (Å²) in [6, 6.07) is 7.83. The van der Waals surface area contributed by atoms with Crippen LogP contribution in [0.1, 0.15) is 25.0 Å². The third kappa shape index (κ3) is 5.73. The molecule has 1 aromatic heterocycles. The molecular formula is C18H24BrN3O2S. The average molecular weight is 426 g/mol. The average Bonchev–Trinajstić information content (AvgIpc) is 3.13. The quantitative estimate of drug-likeness (QED) is 0.469. The van der Waals surface area contributed by atoms with Gasteiger partial charge in [-0.1, -0.05) is 6.07 Å². The zero-order valence-corrected chi connectivity index (χ0v) is 17.1. The molecule has 0 aliphatic heterocycles. The molecule has 2 rings (SSSR count). The fourth-order valence-corrected chi connectivity index (χ4v) is 3.62. The zero-order valence-electron chi connectivity index (χ0n) is 14.7. The van der Waals surface area contributed by atoms with Crippen LogP contribution in [-0.2, 0) is 12.1 Å². The van der Waals surface area contributed by atoms with Crippen LogP contribution in [0.2, 0.25) is 0 Å². The largest absolute Gasteiger partial charge is 0.496 e. The summed E-state index contributed by atoms with van der Waals surface area (Å²) in [6.45, 7) is 5.46. The predicted molar refractivity (Wildman–Crippen MR) is 107 cm³/mol. The summed E-state index contributed by atoms with van der Waals surface area (Å²) in [4.78, 5) is 4.59. The van der Waals surface area contributed by atoms with E-state index in [0.29, 0.717) is 19.0 Å². The number of nitrogens with zero attached hydrogens (tertiary/aromatic N) is 1. The SMILES string of the molecule is CCNC(=NCc1ccc(OC)c(Br)c1)NCC(C)(O)c1ccsc1. The van der Waals surface area contributed by atoms with Crippen molar-refractivity contribution in [2.24, 2.45) is 4.99 Å². The molecule has 0 spiro atoms. The van der Waals surface area contributed by atoms with Gasteiger partial charge in [-0.05, 0) is 69.9 Å². The topological polar surface area (TPSA) is 65.9 Å². The van der Waals surface area contributed by atoms with Crippen molar-refractivity contribution in [2.45, 2.75) is 26.0 Å². The maximum atomic E-state index is 10.6. The van der Waals surface area contributed by atoms with Gasteiger partial charge in [-0.3, -0.25) is 0 Å². The molecule has 0 aliphatic carbocycles. The minimum absolute atomic E-state index is 0.377. The molecule has 0 saturated heterocycles. The van der Waals surface area contributed by atoms with Crippen molar-refractivity contribution < 1.29 is 9.84 Å². The highest BCUT2D eigenvalue weighted by molar-refractivity contribution is 9.10. The number of methoxy groups -OCH3 is 1. The van der Waals surface area contributed by atoms with Gasteiger partial charge in [-0.15, -0.1) is 0 Å². The third-order valence-electron chi connectivity index (χ3n) is 3.72. The van der Waals surface area contributed by atoms with E-state index >= 15 is 0 Å². The molecule has 1 unspecified atom stereocenters. The van der Waals surface area contributed by atoms with E-state index in [1.54, 1.807) is 25.4 Å². The highest BCUT2D eigenvalue weighted by Gasteiger charge is 2.23. The fraction of sp³-hybridized carbons (Fsp3) is 0.389. The first-order valence-electron chi connectivity index (χ1n) is 8.06. The van der Waals surface area contributed by atoms with Gasteiger partial charge < -0.3 is 20.5 Å². The molecule has 1 atom stereocenters. The summed E-state index contributed by atoms with van der Waals surface area (Å²) in [5.41, 5.74) is 1.02. The molecule has 2 aromatic rings. The molecule has 0 radical (unpaired) electrons. The van der Waals surface area contributed by atoms with Crippen LogP contribution in [0.4, 0.5) is 0 Å². The van der Waals surface area contributed by atoms with E-state index in [2.05, 4.69) is 31.6 Å². The van der Waals surface area contributed by atoms with E-state index in [0.717, 1.165) is 27.9 Å². The molecule has 0 saturated carbocycles. The summed E-state index contributed by atoms with van der Waals surface area (Å²) < 4.78 is 6.14.